The van der Waals surface area contributed by atoms with E-state index >= 15 is 0 Å². The van der Waals surface area contributed by atoms with Crippen LogP contribution in [-0.2, 0) is 0 Å². The minimum absolute atomic E-state index is 1.25. The molecule has 0 amide bonds. The predicted octanol–water partition coefficient (Wildman–Crippen LogP) is 11.9. The molecule has 0 aliphatic heterocycles. The van der Waals surface area contributed by atoms with Gasteiger partial charge in [0.25, 0.3) is 0 Å². The van der Waals surface area contributed by atoms with Crippen LogP contribution in [0.15, 0.2) is 158 Å². The summed E-state index contributed by atoms with van der Waals surface area (Å²) in [6, 6.07) is 58.1. The molecule has 9 aromatic carbocycles. The summed E-state index contributed by atoms with van der Waals surface area (Å²) in [7, 11) is 0. The van der Waals surface area contributed by atoms with E-state index in [-0.39, 0.29) is 0 Å². The Labute approximate surface area is 244 Å². The third kappa shape index (κ3) is 3.49. The lowest BCUT2D eigenvalue weighted by Gasteiger charge is -2.14. The van der Waals surface area contributed by atoms with Crippen LogP contribution in [0.25, 0.3) is 86.9 Å². The number of benzene rings is 9. The first kappa shape index (κ1) is 23.3. The summed E-state index contributed by atoms with van der Waals surface area (Å²) in [5, 5.41) is 15.5. The smallest absolute Gasteiger partial charge is 0.00988 e. The second kappa shape index (κ2) is 9.03. The van der Waals surface area contributed by atoms with E-state index in [1.54, 1.807) is 0 Å². The Hall–Kier alpha value is -5.46. The summed E-state index contributed by atoms with van der Waals surface area (Å²) in [4.78, 5) is 0. The molecular formula is C42H26. The highest BCUT2D eigenvalue weighted by Gasteiger charge is 2.12. The van der Waals surface area contributed by atoms with Crippen molar-refractivity contribution in [3.8, 4) is 22.3 Å². The van der Waals surface area contributed by atoms with E-state index in [1.807, 2.05) is 0 Å². The Kier molecular flexibility index (Phi) is 5.00. The van der Waals surface area contributed by atoms with Crippen molar-refractivity contribution in [2.75, 3.05) is 0 Å². The molecule has 0 fully saturated rings. The van der Waals surface area contributed by atoms with Crippen LogP contribution in [0.1, 0.15) is 0 Å². The normalized spacial score (nSPS) is 11.8. The Morgan fingerprint density at radius 3 is 1.00 bits per heavy atom. The summed E-state index contributed by atoms with van der Waals surface area (Å²) in [5.74, 6) is 0. The molecule has 0 atom stereocenters. The molecule has 0 spiro atoms. The minimum atomic E-state index is 1.25. The van der Waals surface area contributed by atoms with E-state index in [2.05, 4.69) is 158 Å². The van der Waals surface area contributed by atoms with Crippen molar-refractivity contribution in [2.45, 2.75) is 0 Å². The molecule has 0 saturated carbocycles. The van der Waals surface area contributed by atoms with E-state index in [0.717, 1.165) is 0 Å². The zero-order valence-electron chi connectivity index (χ0n) is 23.0. The van der Waals surface area contributed by atoms with Gasteiger partial charge in [-0.1, -0.05) is 133 Å². The third-order valence-electron chi connectivity index (χ3n) is 8.99. The lowest BCUT2D eigenvalue weighted by atomic mass is 9.90. The Balaban J connectivity index is 1.21. The quantitative estimate of drug-likeness (QED) is 0.195. The first-order valence-corrected chi connectivity index (χ1v) is 14.6. The van der Waals surface area contributed by atoms with E-state index < -0.39 is 0 Å². The fraction of sp³-hybridized carbons (Fsp3) is 0. The average molecular weight is 531 g/mol. The van der Waals surface area contributed by atoms with Crippen LogP contribution in [0.5, 0.6) is 0 Å². The van der Waals surface area contributed by atoms with Gasteiger partial charge in [-0.15, -0.1) is 0 Å². The third-order valence-corrected chi connectivity index (χ3v) is 8.99. The van der Waals surface area contributed by atoms with Gasteiger partial charge < -0.3 is 0 Å². The Morgan fingerprint density at radius 2 is 0.548 bits per heavy atom. The standard InChI is InChI=1S/C42H26/c1-3-11-33-27(9-1)25-41(39-15-7-5-13-37(33)39)31-19-21-35-29(23-31)17-18-30-24-32(20-22-36(30)35)42-26-28-10-2-4-12-34(28)38-14-6-8-16-40(38)42/h1-26H. The van der Waals surface area contributed by atoms with Gasteiger partial charge in [-0.2, -0.15) is 0 Å². The van der Waals surface area contributed by atoms with Crippen molar-refractivity contribution in [3.63, 3.8) is 0 Å². The highest BCUT2D eigenvalue weighted by atomic mass is 14.2. The highest BCUT2D eigenvalue weighted by molar-refractivity contribution is 6.17. The van der Waals surface area contributed by atoms with Crippen LogP contribution in [0, 0.1) is 0 Å². The molecule has 0 aliphatic carbocycles. The van der Waals surface area contributed by atoms with Crippen LogP contribution < -0.4 is 0 Å². The molecule has 42 heavy (non-hydrogen) atoms. The summed E-state index contributed by atoms with van der Waals surface area (Å²) in [5.41, 5.74) is 5.07. The fourth-order valence-corrected chi connectivity index (χ4v) is 6.99. The predicted molar refractivity (Wildman–Crippen MR) is 182 cm³/mol. The Morgan fingerprint density at radius 1 is 0.214 bits per heavy atom. The van der Waals surface area contributed by atoms with E-state index in [4.69, 9.17) is 0 Å². The summed E-state index contributed by atoms with van der Waals surface area (Å²) in [6.45, 7) is 0. The minimum Gasteiger partial charge on any atom is -0.0616 e. The molecule has 0 saturated heterocycles. The second-order valence-electron chi connectivity index (χ2n) is 11.3. The van der Waals surface area contributed by atoms with Crippen molar-refractivity contribution in [1.82, 2.24) is 0 Å². The zero-order valence-corrected chi connectivity index (χ0v) is 23.0. The van der Waals surface area contributed by atoms with Crippen molar-refractivity contribution < 1.29 is 0 Å². The van der Waals surface area contributed by atoms with E-state index in [1.165, 1.54) is 86.9 Å². The van der Waals surface area contributed by atoms with Gasteiger partial charge >= 0.3 is 0 Å². The van der Waals surface area contributed by atoms with Gasteiger partial charge in [0.05, 0.1) is 0 Å². The Bertz CT molecular complexity index is 2340. The fourth-order valence-electron chi connectivity index (χ4n) is 6.99. The maximum absolute atomic E-state index is 2.36. The van der Waals surface area contributed by atoms with Gasteiger partial charge in [-0.3, -0.25) is 0 Å². The molecule has 194 valence electrons. The molecule has 0 aliphatic rings. The van der Waals surface area contributed by atoms with Crippen LogP contribution >= 0.6 is 0 Å². The van der Waals surface area contributed by atoms with Crippen LogP contribution in [0.2, 0.25) is 0 Å². The van der Waals surface area contributed by atoms with E-state index in [0.29, 0.717) is 0 Å². The number of hydrogen-bond acceptors (Lipinski definition) is 0. The van der Waals surface area contributed by atoms with Gasteiger partial charge in [0, 0.05) is 0 Å². The molecule has 0 unspecified atom stereocenters. The monoisotopic (exact) mass is 530 g/mol. The average Bonchev–Trinajstić information content (AvgIpc) is 3.07. The van der Waals surface area contributed by atoms with Crippen LogP contribution in [0.4, 0.5) is 0 Å². The van der Waals surface area contributed by atoms with Crippen molar-refractivity contribution >= 4 is 64.6 Å². The molecule has 0 N–H and O–H groups in total. The summed E-state index contributed by atoms with van der Waals surface area (Å²) in [6.07, 6.45) is 0. The van der Waals surface area contributed by atoms with Gasteiger partial charge in [0.2, 0.25) is 0 Å². The molecule has 9 rings (SSSR count). The molecule has 0 radical (unpaired) electrons. The highest BCUT2D eigenvalue weighted by Crippen LogP contribution is 2.39. The maximum Gasteiger partial charge on any atom is -0.00988 e. The van der Waals surface area contributed by atoms with Gasteiger partial charge in [0.1, 0.15) is 0 Å². The largest absolute Gasteiger partial charge is 0.0616 e. The van der Waals surface area contributed by atoms with Gasteiger partial charge in [-0.05, 0) is 111 Å². The number of rotatable bonds is 2. The van der Waals surface area contributed by atoms with Crippen LogP contribution in [0.3, 0.4) is 0 Å². The van der Waals surface area contributed by atoms with Crippen molar-refractivity contribution in [1.29, 1.82) is 0 Å². The van der Waals surface area contributed by atoms with Crippen molar-refractivity contribution in [2.24, 2.45) is 0 Å². The topological polar surface area (TPSA) is 0 Å². The first-order valence-electron chi connectivity index (χ1n) is 14.6. The summed E-state index contributed by atoms with van der Waals surface area (Å²) < 4.78 is 0. The molecule has 0 heteroatoms. The number of hydrogen-bond donors (Lipinski definition) is 0. The van der Waals surface area contributed by atoms with Crippen LogP contribution in [-0.4, -0.2) is 0 Å². The zero-order chi connectivity index (χ0) is 27.6. The molecular weight excluding hydrogens is 504 g/mol. The second-order valence-corrected chi connectivity index (χ2v) is 11.3. The molecule has 0 heterocycles. The van der Waals surface area contributed by atoms with Gasteiger partial charge in [0.15, 0.2) is 0 Å². The molecule has 9 aromatic rings. The lowest BCUT2D eigenvalue weighted by molar-refractivity contribution is 1.69. The maximum atomic E-state index is 2.36. The number of fused-ring (bicyclic) bond motifs is 9. The SMILES string of the molecule is c1ccc2c(c1)cc(-c1ccc3c(ccc4cc(-c5cc6ccccc6c6ccccc56)ccc43)c1)c1ccccc12. The van der Waals surface area contributed by atoms with Gasteiger partial charge in [-0.25, -0.2) is 0 Å². The molecule has 0 bridgehead atoms. The van der Waals surface area contributed by atoms with E-state index in [9.17, 15) is 0 Å². The first-order chi connectivity index (χ1) is 20.8. The summed E-state index contributed by atoms with van der Waals surface area (Å²) >= 11 is 0. The lowest BCUT2D eigenvalue weighted by Crippen LogP contribution is -1.87. The molecule has 0 nitrogen and oxygen atoms in total. The molecule has 0 aromatic heterocycles. The van der Waals surface area contributed by atoms with Crippen molar-refractivity contribution in [3.05, 3.63) is 158 Å².